The Balaban J connectivity index is 1.31. The minimum absolute atomic E-state index is 0.0244. The number of hydrogen-bond donors (Lipinski definition) is 1. The van der Waals surface area contributed by atoms with Gasteiger partial charge in [0.1, 0.15) is 0 Å². The average Bonchev–Trinajstić information content (AvgIpc) is 3.23. The second-order valence-corrected chi connectivity index (χ2v) is 9.22. The van der Waals surface area contributed by atoms with Gasteiger partial charge in [-0.3, -0.25) is 9.69 Å². The Hall–Kier alpha value is -2.51. The van der Waals surface area contributed by atoms with Crippen molar-refractivity contribution >= 4 is 27.5 Å². The van der Waals surface area contributed by atoms with Crippen molar-refractivity contribution in [2.24, 2.45) is 5.92 Å². The van der Waals surface area contributed by atoms with Crippen LogP contribution in [0, 0.1) is 5.92 Å². The van der Waals surface area contributed by atoms with Crippen molar-refractivity contribution in [1.29, 1.82) is 0 Å². The first-order chi connectivity index (χ1) is 15.0. The van der Waals surface area contributed by atoms with Crippen molar-refractivity contribution in [3.63, 3.8) is 0 Å². The van der Waals surface area contributed by atoms with E-state index in [4.69, 9.17) is 4.52 Å². The first-order valence-corrected chi connectivity index (χ1v) is 11.5. The van der Waals surface area contributed by atoms with E-state index in [0.717, 1.165) is 41.7 Å². The van der Waals surface area contributed by atoms with Crippen molar-refractivity contribution in [1.82, 2.24) is 15.0 Å². The predicted octanol–water partition coefficient (Wildman–Crippen LogP) is 5.47. The summed E-state index contributed by atoms with van der Waals surface area (Å²) < 4.78 is 6.43. The zero-order chi connectivity index (χ0) is 21.8. The van der Waals surface area contributed by atoms with Crippen LogP contribution >= 0.6 is 15.9 Å². The molecule has 1 amide bonds. The molecule has 162 valence electrons. The smallest absolute Gasteiger partial charge is 0.241 e. The fraction of sp³-hybridized carbons (Fsp3) is 0.375. The van der Waals surface area contributed by atoms with E-state index in [1.165, 1.54) is 5.56 Å². The highest BCUT2D eigenvalue weighted by Crippen LogP contribution is 2.26. The van der Waals surface area contributed by atoms with Crippen molar-refractivity contribution < 1.29 is 9.32 Å². The lowest BCUT2D eigenvalue weighted by Gasteiger charge is -2.30. The number of benzene rings is 2. The molecule has 1 saturated heterocycles. The summed E-state index contributed by atoms with van der Waals surface area (Å²) in [6.07, 6.45) is 1.64. The number of carbonyl (C=O) groups excluding carboxylic acids is 1. The summed E-state index contributed by atoms with van der Waals surface area (Å²) in [6, 6.07) is 15.9. The number of piperidine rings is 1. The van der Waals surface area contributed by atoms with E-state index in [-0.39, 0.29) is 11.8 Å². The van der Waals surface area contributed by atoms with Crippen LogP contribution in [0.25, 0.3) is 11.4 Å². The fourth-order valence-electron chi connectivity index (χ4n) is 3.96. The number of likely N-dealkylation sites (tertiary alicyclic amines) is 1. The second-order valence-electron chi connectivity index (χ2n) is 8.30. The van der Waals surface area contributed by atoms with Crippen LogP contribution in [-0.4, -0.2) is 34.0 Å². The zero-order valence-electron chi connectivity index (χ0n) is 17.8. The zero-order valence-corrected chi connectivity index (χ0v) is 19.4. The van der Waals surface area contributed by atoms with E-state index in [2.05, 4.69) is 56.2 Å². The number of anilines is 1. The molecule has 0 aliphatic carbocycles. The number of nitrogens with one attached hydrogen (secondary N) is 1. The highest BCUT2D eigenvalue weighted by Gasteiger charge is 2.26. The molecule has 3 aromatic rings. The minimum Gasteiger partial charge on any atom is -0.338 e. The normalized spacial score (nSPS) is 15.4. The summed E-state index contributed by atoms with van der Waals surface area (Å²) in [5, 5.41) is 7.26. The molecule has 0 unspecified atom stereocenters. The van der Waals surface area contributed by atoms with Gasteiger partial charge in [0.05, 0.1) is 6.54 Å². The molecule has 1 fully saturated rings. The van der Waals surface area contributed by atoms with Gasteiger partial charge in [-0.25, -0.2) is 0 Å². The van der Waals surface area contributed by atoms with E-state index in [1.807, 2.05) is 42.5 Å². The van der Waals surface area contributed by atoms with Gasteiger partial charge in [-0.1, -0.05) is 65.3 Å². The van der Waals surface area contributed by atoms with Crippen LogP contribution in [0.5, 0.6) is 0 Å². The van der Waals surface area contributed by atoms with E-state index >= 15 is 0 Å². The van der Waals surface area contributed by atoms with Gasteiger partial charge in [0, 0.05) is 21.6 Å². The maximum Gasteiger partial charge on any atom is 0.241 e. The number of halogens is 1. The van der Waals surface area contributed by atoms with Gasteiger partial charge in [0.25, 0.3) is 0 Å². The topological polar surface area (TPSA) is 71.3 Å². The van der Waals surface area contributed by atoms with Crippen LogP contribution in [0.3, 0.4) is 0 Å². The van der Waals surface area contributed by atoms with Crippen LogP contribution in [0.15, 0.2) is 57.5 Å². The number of carbonyl (C=O) groups is 1. The molecule has 1 aliphatic rings. The second kappa shape index (κ2) is 9.75. The summed E-state index contributed by atoms with van der Waals surface area (Å²) in [4.78, 5) is 19.6. The highest BCUT2D eigenvalue weighted by atomic mass is 79.9. The van der Waals surface area contributed by atoms with Crippen LogP contribution in [0.4, 0.5) is 5.69 Å². The lowest BCUT2D eigenvalue weighted by Crippen LogP contribution is -2.38. The van der Waals surface area contributed by atoms with Crippen molar-refractivity contribution in [3.8, 4) is 11.4 Å². The van der Waals surface area contributed by atoms with Crippen molar-refractivity contribution in [3.05, 3.63) is 64.5 Å². The summed E-state index contributed by atoms with van der Waals surface area (Å²) in [7, 11) is 0. The van der Waals surface area contributed by atoms with Gasteiger partial charge < -0.3 is 9.84 Å². The standard InChI is InChI=1S/C24H27BrN4O2/c1-16(2)20-8-3-4-9-21(20)26-24(30)17-10-12-29(13-11-17)15-22-27-23(28-31-22)18-6-5-7-19(25)14-18/h3-9,14,16-17H,10-13,15H2,1-2H3,(H,26,30). The van der Waals surface area contributed by atoms with Gasteiger partial charge in [-0.05, 0) is 55.6 Å². The lowest BCUT2D eigenvalue weighted by molar-refractivity contribution is -0.121. The Labute approximate surface area is 191 Å². The highest BCUT2D eigenvalue weighted by molar-refractivity contribution is 9.10. The quantitative estimate of drug-likeness (QED) is 0.503. The monoisotopic (exact) mass is 482 g/mol. The number of para-hydroxylation sites is 1. The Bertz CT molecular complexity index is 1040. The molecule has 0 radical (unpaired) electrons. The molecule has 1 N–H and O–H groups in total. The number of amides is 1. The third-order valence-corrected chi connectivity index (χ3v) is 6.20. The van der Waals surface area contributed by atoms with Gasteiger partial charge in [-0.2, -0.15) is 4.98 Å². The molecule has 0 saturated carbocycles. The molecule has 2 aromatic carbocycles. The molecule has 4 rings (SSSR count). The third kappa shape index (κ3) is 5.40. The first kappa shape index (κ1) is 21.7. The Morgan fingerprint density at radius 3 is 2.71 bits per heavy atom. The molecule has 1 aromatic heterocycles. The largest absolute Gasteiger partial charge is 0.338 e. The maximum absolute atomic E-state index is 12.8. The predicted molar refractivity (Wildman–Crippen MR) is 125 cm³/mol. The van der Waals surface area contributed by atoms with Gasteiger partial charge in [-0.15, -0.1) is 0 Å². The van der Waals surface area contributed by atoms with Gasteiger partial charge >= 0.3 is 0 Å². The maximum atomic E-state index is 12.8. The van der Waals surface area contributed by atoms with Crippen LogP contribution < -0.4 is 5.32 Å². The number of aromatic nitrogens is 2. The number of hydrogen-bond acceptors (Lipinski definition) is 5. The Morgan fingerprint density at radius 2 is 1.97 bits per heavy atom. The van der Waals surface area contributed by atoms with E-state index in [1.54, 1.807) is 0 Å². The summed E-state index contributed by atoms with van der Waals surface area (Å²) in [5.74, 6) is 1.70. The minimum atomic E-state index is 0.0244. The molecule has 0 spiro atoms. The molecule has 7 heteroatoms. The van der Waals surface area contributed by atoms with Crippen molar-refractivity contribution in [2.45, 2.75) is 39.2 Å². The Kier molecular flexibility index (Phi) is 6.83. The molecule has 31 heavy (non-hydrogen) atoms. The molecule has 2 heterocycles. The molecule has 0 bridgehead atoms. The van der Waals surface area contributed by atoms with Crippen LogP contribution in [-0.2, 0) is 11.3 Å². The van der Waals surface area contributed by atoms with Gasteiger partial charge in [0.2, 0.25) is 17.6 Å². The van der Waals surface area contributed by atoms with E-state index < -0.39 is 0 Å². The molecular weight excluding hydrogens is 456 g/mol. The van der Waals surface area contributed by atoms with Crippen LogP contribution in [0.1, 0.15) is 44.1 Å². The molecule has 1 aliphatic heterocycles. The summed E-state index contributed by atoms with van der Waals surface area (Å²) in [6.45, 7) is 6.55. The average molecular weight is 483 g/mol. The van der Waals surface area contributed by atoms with E-state index in [0.29, 0.717) is 24.2 Å². The van der Waals surface area contributed by atoms with Crippen LogP contribution in [0.2, 0.25) is 0 Å². The fourth-order valence-corrected chi connectivity index (χ4v) is 4.36. The van der Waals surface area contributed by atoms with Crippen molar-refractivity contribution in [2.75, 3.05) is 18.4 Å². The molecular formula is C24H27BrN4O2. The molecule has 0 atom stereocenters. The van der Waals surface area contributed by atoms with Gasteiger partial charge in [0.15, 0.2) is 0 Å². The lowest BCUT2D eigenvalue weighted by atomic mass is 9.95. The molecule has 6 nitrogen and oxygen atoms in total. The summed E-state index contributed by atoms with van der Waals surface area (Å²) in [5.41, 5.74) is 3.02. The number of nitrogens with zero attached hydrogens (tertiary/aromatic N) is 3. The SMILES string of the molecule is CC(C)c1ccccc1NC(=O)C1CCN(Cc2nc(-c3cccc(Br)c3)no2)CC1. The summed E-state index contributed by atoms with van der Waals surface area (Å²) >= 11 is 3.47. The van der Waals surface area contributed by atoms with E-state index in [9.17, 15) is 4.79 Å². The first-order valence-electron chi connectivity index (χ1n) is 10.7. The third-order valence-electron chi connectivity index (χ3n) is 5.71. The Morgan fingerprint density at radius 1 is 1.19 bits per heavy atom. The number of rotatable bonds is 6.